The summed E-state index contributed by atoms with van der Waals surface area (Å²) in [5, 5.41) is 3.39. The highest BCUT2D eigenvalue weighted by atomic mass is 79.9. The molecule has 0 heterocycles. The fourth-order valence-electron chi connectivity index (χ4n) is 1.61. The molecule has 6 heteroatoms. The van der Waals surface area contributed by atoms with Crippen LogP contribution in [0.3, 0.4) is 0 Å². The molecule has 112 valence electrons. The first-order valence-corrected chi connectivity index (χ1v) is 8.08. The van der Waals surface area contributed by atoms with Gasteiger partial charge in [0.05, 0.1) is 22.0 Å². The zero-order chi connectivity index (χ0) is 15.1. The minimum absolute atomic E-state index is 0.205. The van der Waals surface area contributed by atoms with E-state index in [1.807, 2.05) is 12.1 Å². The summed E-state index contributed by atoms with van der Waals surface area (Å²) in [5.41, 5.74) is 6.24. The van der Waals surface area contributed by atoms with E-state index in [9.17, 15) is 4.79 Å². The summed E-state index contributed by atoms with van der Waals surface area (Å²) in [6, 6.07) is 4.02. The molecule has 0 aliphatic heterocycles. The summed E-state index contributed by atoms with van der Waals surface area (Å²) in [4.78, 5) is 10.7. The molecule has 0 bridgehead atoms. The van der Waals surface area contributed by atoms with Gasteiger partial charge in [0.25, 0.3) is 0 Å². The molecule has 0 saturated carbocycles. The number of amides is 1. The van der Waals surface area contributed by atoms with Crippen molar-refractivity contribution < 1.29 is 9.53 Å². The lowest BCUT2D eigenvalue weighted by Crippen LogP contribution is -2.19. The van der Waals surface area contributed by atoms with E-state index in [1.165, 1.54) is 0 Å². The second-order valence-electron chi connectivity index (χ2n) is 4.98. The largest absolute Gasteiger partial charge is 0.491 e. The van der Waals surface area contributed by atoms with Gasteiger partial charge in [-0.05, 0) is 62.0 Å². The predicted octanol–water partition coefficient (Wildman–Crippen LogP) is 3.21. The summed E-state index contributed by atoms with van der Waals surface area (Å²) >= 11 is 6.97. The van der Waals surface area contributed by atoms with Crippen LogP contribution in [0, 0.1) is 5.92 Å². The van der Waals surface area contributed by atoms with Crippen molar-refractivity contribution in [2.45, 2.75) is 26.8 Å². The number of benzene rings is 1. The minimum atomic E-state index is -0.369. The molecule has 0 unspecified atom stereocenters. The van der Waals surface area contributed by atoms with Gasteiger partial charge >= 0.3 is 0 Å². The van der Waals surface area contributed by atoms with Crippen molar-refractivity contribution in [1.29, 1.82) is 0 Å². The zero-order valence-electron chi connectivity index (χ0n) is 11.7. The van der Waals surface area contributed by atoms with E-state index in [-0.39, 0.29) is 18.9 Å². The SMILES string of the molecule is CC(C)CNCc1cc(Br)c(OCCC(N)=O)c(Br)c1. The average Bonchev–Trinajstić information content (AvgIpc) is 2.32. The van der Waals surface area contributed by atoms with Gasteiger partial charge in [-0.3, -0.25) is 4.79 Å². The van der Waals surface area contributed by atoms with Crippen LogP contribution in [0.15, 0.2) is 21.1 Å². The molecular weight excluding hydrogens is 388 g/mol. The van der Waals surface area contributed by atoms with Gasteiger partial charge < -0.3 is 15.8 Å². The molecule has 1 aromatic carbocycles. The number of rotatable bonds is 8. The van der Waals surface area contributed by atoms with E-state index in [4.69, 9.17) is 10.5 Å². The molecular formula is C14H20Br2N2O2. The zero-order valence-corrected chi connectivity index (χ0v) is 14.9. The van der Waals surface area contributed by atoms with Crippen molar-refractivity contribution in [2.24, 2.45) is 11.7 Å². The summed E-state index contributed by atoms with van der Waals surface area (Å²) in [6.45, 7) is 6.41. The second-order valence-corrected chi connectivity index (χ2v) is 6.69. The Hall–Kier alpha value is -0.590. The van der Waals surface area contributed by atoms with E-state index in [0.717, 1.165) is 27.6 Å². The summed E-state index contributed by atoms with van der Waals surface area (Å²) in [7, 11) is 0. The van der Waals surface area contributed by atoms with Gasteiger partial charge in [-0.1, -0.05) is 13.8 Å². The number of carbonyl (C=O) groups is 1. The topological polar surface area (TPSA) is 64.3 Å². The Morgan fingerprint density at radius 1 is 1.35 bits per heavy atom. The lowest BCUT2D eigenvalue weighted by atomic mass is 10.2. The van der Waals surface area contributed by atoms with Crippen molar-refractivity contribution >= 4 is 37.8 Å². The Morgan fingerprint density at radius 3 is 2.45 bits per heavy atom. The fraction of sp³-hybridized carbons (Fsp3) is 0.500. The van der Waals surface area contributed by atoms with Gasteiger partial charge in [0.1, 0.15) is 5.75 Å². The van der Waals surface area contributed by atoms with Crippen LogP contribution in [-0.4, -0.2) is 19.1 Å². The third-order valence-corrected chi connectivity index (χ3v) is 3.71. The normalized spacial score (nSPS) is 10.8. The van der Waals surface area contributed by atoms with Gasteiger partial charge in [0.15, 0.2) is 0 Å². The average molecular weight is 408 g/mol. The third-order valence-electron chi connectivity index (χ3n) is 2.53. The molecule has 1 rings (SSSR count). The van der Waals surface area contributed by atoms with Gasteiger partial charge in [0.2, 0.25) is 5.91 Å². The summed E-state index contributed by atoms with van der Waals surface area (Å²) in [6.07, 6.45) is 0.205. The van der Waals surface area contributed by atoms with E-state index in [0.29, 0.717) is 11.7 Å². The first-order chi connectivity index (χ1) is 9.40. The molecule has 0 aliphatic carbocycles. The van der Waals surface area contributed by atoms with Crippen molar-refractivity contribution in [3.8, 4) is 5.75 Å². The lowest BCUT2D eigenvalue weighted by Gasteiger charge is -2.13. The quantitative estimate of drug-likeness (QED) is 0.695. The van der Waals surface area contributed by atoms with Crippen molar-refractivity contribution in [3.63, 3.8) is 0 Å². The van der Waals surface area contributed by atoms with E-state index >= 15 is 0 Å². The van der Waals surface area contributed by atoms with Crippen LogP contribution in [0.25, 0.3) is 0 Å². The molecule has 1 aromatic rings. The predicted molar refractivity (Wildman–Crippen MR) is 87.7 cm³/mol. The Bertz CT molecular complexity index is 441. The van der Waals surface area contributed by atoms with E-state index in [2.05, 4.69) is 51.0 Å². The fourth-order valence-corrected chi connectivity index (χ4v) is 3.12. The maximum atomic E-state index is 10.7. The Balaban J connectivity index is 2.63. The number of halogens is 2. The summed E-state index contributed by atoms with van der Waals surface area (Å²) in [5.74, 6) is 0.948. The molecule has 20 heavy (non-hydrogen) atoms. The number of nitrogens with two attached hydrogens (primary N) is 1. The molecule has 0 aliphatic rings. The van der Waals surface area contributed by atoms with Crippen molar-refractivity contribution in [2.75, 3.05) is 13.2 Å². The molecule has 0 spiro atoms. The summed E-state index contributed by atoms with van der Waals surface area (Å²) < 4.78 is 7.28. The molecule has 0 radical (unpaired) electrons. The Morgan fingerprint density at radius 2 is 1.95 bits per heavy atom. The number of ether oxygens (including phenoxy) is 1. The highest BCUT2D eigenvalue weighted by Crippen LogP contribution is 2.34. The molecule has 0 atom stereocenters. The highest BCUT2D eigenvalue weighted by Gasteiger charge is 2.09. The first-order valence-electron chi connectivity index (χ1n) is 6.50. The second kappa shape index (κ2) is 8.64. The van der Waals surface area contributed by atoms with Gasteiger partial charge in [-0.25, -0.2) is 0 Å². The maximum Gasteiger partial charge on any atom is 0.220 e. The van der Waals surface area contributed by atoms with E-state index in [1.54, 1.807) is 0 Å². The van der Waals surface area contributed by atoms with Crippen molar-refractivity contribution in [3.05, 3.63) is 26.6 Å². The number of carbonyl (C=O) groups excluding carboxylic acids is 1. The van der Waals surface area contributed by atoms with Crippen molar-refractivity contribution in [1.82, 2.24) is 5.32 Å². The number of hydrogen-bond donors (Lipinski definition) is 2. The molecule has 0 fully saturated rings. The molecule has 4 nitrogen and oxygen atoms in total. The molecule has 0 saturated heterocycles. The van der Waals surface area contributed by atoms with Crippen LogP contribution in [0.2, 0.25) is 0 Å². The standard InChI is InChI=1S/C14H20Br2N2O2/c1-9(2)7-18-8-10-5-11(15)14(12(16)6-10)20-4-3-13(17)19/h5-6,9,18H,3-4,7-8H2,1-2H3,(H2,17,19). The van der Waals surface area contributed by atoms with Crippen LogP contribution >= 0.6 is 31.9 Å². The highest BCUT2D eigenvalue weighted by molar-refractivity contribution is 9.11. The third kappa shape index (κ3) is 6.24. The van der Waals surface area contributed by atoms with Gasteiger partial charge in [-0.2, -0.15) is 0 Å². The van der Waals surface area contributed by atoms with Crippen LogP contribution in [-0.2, 0) is 11.3 Å². The van der Waals surface area contributed by atoms with E-state index < -0.39 is 0 Å². The smallest absolute Gasteiger partial charge is 0.220 e. The van der Waals surface area contributed by atoms with Crippen LogP contribution < -0.4 is 15.8 Å². The van der Waals surface area contributed by atoms with Crippen LogP contribution in [0.1, 0.15) is 25.8 Å². The van der Waals surface area contributed by atoms with Crippen LogP contribution in [0.4, 0.5) is 0 Å². The monoisotopic (exact) mass is 406 g/mol. The number of hydrogen-bond acceptors (Lipinski definition) is 3. The molecule has 3 N–H and O–H groups in total. The maximum absolute atomic E-state index is 10.7. The molecule has 0 aromatic heterocycles. The minimum Gasteiger partial charge on any atom is -0.491 e. The Kier molecular flexibility index (Phi) is 7.55. The number of primary amides is 1. The molecule has 1 amide bonds. The van der Waals surface area contributed by atoms with Gasteiger partial charge in [-0.15, -0.1) is 0 Å². The van der Waals surface area contributed by atoms with Gasteiger partial charge in [0, 0.05) is 6.54 Å². The number of nitrogens with one attached hydrogen (secondary N) is 1. The van der Waals surface area contributed by atoms with Crippen LogP contribution in [0.5, 0.6) is 5.75 Å². The Labute approximate surface area is 136 Å². The first kappa shape index (κ1) is 17.5. The lowest BCUT2D eigenvalue weighted by molar-refractivity contribution is -0.118.